The first-order chi connectivity index (χ1) is 9.01. The number of hydrogen-bond donors (Lipinski definition) is 0. The Labute approximate surface area is 136 Å². The van der Waals surface area contributed by atoms with E-state index in [2.05, 4.69) is 57.5 Å². The van der Waals surface area contributed by atoms with Crippen LogP contribution < -0.4 is 0 Å². The van der Waals surface area contributed by atoms with E-state index in [9.17, 15) is 4.79 Å². The van der Waals surface area contributed by atoms with Crippen LogP contribution in [0.4, 0.5) is 0 Å². The van der Waals surface area contributed by atoms with Gasteiger partial charge < -0.3 is 0 Å². The molecule has 0 aliphatic heterocycles. The molecule has 1 heterocycles. The molecule has 108 valence electrons. The lowest BCUT2D eigenvalue weighted by molar-refractivity contribution is 0.0920. The summed E-state index contributed by atoms with van der Waals surface area (Å²) in [6.07, 6.45) is 2.35. The summed E-state index contributed by atoms with van der Waals surface area (Å²) in [5.41, 5.74) is 0.792. The van der Waals surface area contributed by atoms with Crippen LogP contribution in [0.1, 0.15) is 44.0 Å². The summed E-state index contributed by atoms with van der Waals surface area (Å²) in [4.78, 5) is 14.6. The van der Waals surface area contributed by atoms with Crippen LogP contribution in [0.15, 0.2) is 13.6 Å². The van der Waals surface area contributed by atoms with Crippen molar-refractivity contribution >= 4 is 49.0 Å². The number of carbonyl (C=O) groups is 1. The van der Waals surface area contributed by atoms with E-state index in [1.165, 1.54) is 12.8 Å². The summed E-state index contributed by atoms with van der Waals surface area (Å²) in [6.45, 7) is 9.00. The first kappa shape index (κ1) is 17.3. The maximum Gasteiger partial charge on any atom is 0.178 e. The Morgan fingerprint density at radius 3 is 2.37 bits per heavy atom. The summed E-state index contributed by atoms with van der Waals surface area (Å²) in [5, 5.41) is 0. The van der Waals surface area contributed by atoms with Gasteiger partial charge >= 0.3 is 0 Å². The van der Waals surface area contributed by atoms with Crippen molar-refractivity contribution in [3.05, 3.63) is 19.2 Å². The van der Waals surface area contributed by atoms with Gasteiger partial charge in [0.25, 0.3) is 0 Å². The van der Waals surface area contributed by atoms with Crippen LogP contribution in [0.5, 0.6) is 0 Å². The lowest BCUT2D eigenvalue weighted by atomic mass is 10.0. The van der Waals surface area contributed by atoms with Crippen molar-refractivity contribution in [2.75, 3.05) is 19.6 Å². The molecule has 0 spiro atoms. The SMILES string of the molecule is CCC(CC)CN(CC)CC(=O)c1cc(Br)sc1Br. The fourth-order valence-corrected chi connectivity index (χ4v) is 4.89. The average molecular weight is 411 g/mol. The average Bonchev–Trinajstić information content (AvgIpc) is 2.73. The molecule has 2 nitrogen and oxygen atoms in total. The standard InChI is InChI=1S/C14H21Br2NOS/c1-4-10(5-2)8-17(6-3)9-12(18)11-7-13(15)19-14(11)16/h7,10H,4-6,8-9H2,1-3H3. The molecule has 0 aromatic carbocycles. The van der Waals surface area contributed by atoms with Crippen molar-refractivity contribution in [3.8, 4) is 0 Å². The number of hydrogen-bond acceptors (Lipinski definition) is 3. The molecule has 1 aromatic heterocycles. The number of rotatable bonds is 8. The van der Waals surface area contributed by atoms with Gasteiger partial charge in [0.1, 0.15) is 0 Å². The first-order valence-electron chi connectivity index (χ1n) is 6.72. The highest BCUT2D eigenvalue weighted by molar-refractivity contribution is 9.12. The van der Waals surface area contributed by atoms with Gasteiger partial charge in [0.2, 0.25) is 0 Å². The number of likely N-dealkylation sites (N-methyl/N-ethyl adjacent to an activating group) is 1. The van der Waals surface area contributed by atoms with Crippen LogP contribution in [-0.2, 0) is 0 Å². The summed E-state index contributed by atoms with van der Waals surface area (Å²) < 4.78 is 1.91. The molecule has 0 amide bonds. The van der Waals surface area contributed by atoms with Crippen LogP contribution >= 0.6 is 43.2 Å². The normalized spacial score (nSPS) is 11.5. The molecule has 0 radical (unpaired) electrons. The van der Waals surface area contributed by atoms with Gasteiger partial charge in [0.15, 0.2) is 5.78 Å². The first-order valence-corrected chi connectivity index (χ1v) is 9.12. The molecule has 19 heavy (non-hydrogen) atoms. The third-order valence-corrected chi connectivity index (χ3v) is 5.78. The summed E-state index contributed by atoms with van der Waals surface area (Å²) in [5.74, 6) is 0.882. The number of ketones is 1. The lowest BCUT2D eigenvalue weighted by Gasteiger charge is -2.24. The van der Waals surface area contributed by atoms with Gasteiger partial charge in [0, 0.05) is 12.1 Å². The second kappa shape index (κ2) is 8.55. The molecular formula is C14H21Br2NOS. The molecule has 0 unspecified atom stereocenters. The minimum atomic E-state index is 0.196. The molecule has 1 rings (SSSR count). The van der Waals surface area contributed by atoms with E-state index in [0.717, 1.165) is 26.2 Å². The van der Waals surface area contributed by atoms with Crippen molar-refractivity contribution in [2.24, 2.45) is 5.92 Å². The number of nitrogens with zero attached hydrogens (tertiary/aromatic N) is 1. The fourth-order valence-electron chi connectivity index (χ4n) is 2.04. The fraction of sp³-hybridized carbons (Fsp3) is 0.643. The van der Waals surface area contributed by atoms with Crippen molar-refractivity contribution in [1.29, 1.82) is 0 Å². The molecule has 0 N–H and O–H groups in total. The molecule has 0 bridgehead atoms. The van der Waals surface area contributed by atoms with E-state index < -0.39 is 0 Å². The second-order valence-electron chi connectivity index (χ2n) is 4.67. The Hall–Kier alpha value is 0.290. The van der Waals surface area contributed by atoms with Gasteiger partial charge in [-0.25, -0.2) is 0 Å². The Balaban J connectivity index is 2.65. The monoisotopic (exact) mass is 409 g/mol. The third-order valence-electron chi connectivity index (χ3n) is 3.44. The Kier molecular flexibility index (Phi) is 7.80. The molecule has 5 heteroatoms. The van der Waals surface area contributed by atoms with Crippen molar-refractivity contribution < 1.29 is 4.79 Å². The van der Waals surface area contributed by atoms with E-state index in [0.29, 0.717) is 12.5 Å². The van der Waals surface area contributed by atoms with Crippen LogP contribution in [0, 0.1) is 5.92 Å². The van der Waals surface area contributed by atoms with Crippen molar-refractivity contribution in [1.82, 2.24) is 4.90 Å². The Morgan fingerprint density at radius 1 is 1.32 bits per heavy atom. The molecule has 0 aliphatic rings. The van der Waals surface area contributed by atoms with E-state index >= 15 is 0 Å². The van der Waals surface area contributed by atoms with E-state index in [1.54, 1.807) is 11.3 Å². The topological polar surface area (TPSA) is 20.3 Å². The maximum atomic E-state index is 12.3. The molecule has 0 saturated heterocycles. The molecule has 0 fully saturated rings. The predicted molar refractivity (Wildman–Crippen MR) is 90.2 cm³/mol. The van der Waals surface area contributed by atoms with Crippen molar-refractivity contribution in [2.45, 2.75) is 33.6 Å². The maximum absolute atomic E-state index is 12.3. The smallest absolute Gasteiger partial charge is 0.178 e. The van der Waals surface area contributed by atoms with Crippen LogP contribution in [0.25, 0.3) is 0 Å². The lowest BCUT2D eigenvalue weighted by Crippen LogP contribution is -2.34. The zero-order valence-electron chi connectivity index (χ0n) is 11.7. The quantitative estimate of drug-likeness (QED) is 0.548. The van der Waals surface area contributed by atoms with Gasteiger partial charge in [-0.3, -0.25) is 9.69 Å². The van der Waals surface area contributed by atoms with E-state index in [4.69, 9.17) is 0 Å². The minimum Gasteiger partial charge on any atom is -0.296 e. The Morgan fingerprint density at radius 2 is 1.95 bits per heavy atom. The zero-order chi connectivity index (χ0) is 14.4. The number of Topliss-reactive ketones (excluding diaryl/α,β-unsaturated/α-hetero) is 1. The van der Waals surface area contributed by atoms with Gasteiger partial charge in [-0.2, -0.15) is 0 Å². The summed E-state index contributed by atoms with van der Waals surface area (Å²) in [6, 6.07) is 1.90. The molecular weight excluding hydrogens is 390 g/mol. The number of thiophene rings is 1. The largest absolute Gasteiger partial charge is 0.296 e. The highest BCUT2D eigenvalue weighted by Crippen LogP contribution is 2.32. The minimum absolute atomic E-state index is 0.196. The van der Waals surface area contributed by atoms with Gasteiger partial charge in [-0.05, 0) is 50.4 Å². The van der Waals surface area contributed by atoms with Gasteiger partial charge in [-0.15, -0.1) is 11.3 Å². The molecule has 0 atom stereocenters. The summed E-state index contributed by atoms with van der Waals surface area (Å²) >= 11 is 8.43. The molecule has 1 aromatic rings. The molecule has 0 saturated carbocycles. The highest BCUT2D eigenvalue weighted by atomic mass is 79.9. The number of halogens is 2. The Bertz CT molecular complexity index is 416. The van der Waals surface area contributed by atoms with Gasteiger partial charge in [-0.1, -0.05) is 33.6 Å². The highest BCUT2D eigenvalue weighted by Gasteiger charge is 2.18. The second-order valence-corrected chi connectivity index (χ2v) is 8.42. The number of carbonyl (C=O) groups excluding carboxylic acids is 1. The van der Waals surface area contributed by atoms with Crippen LogP contribution in [0.2, 0.25) is 0 Å². The van der Waals surface area contributed by atoms with Crippen LogP contribution in [-0.4, -0.2) is 30.3 Å². The third kappa shape index (κ3) is 5.29. The zero-order valence-corrected chi connectivity index (χ0v) is 15.7. The predicted octanol–water partition coefficient (Wildman–Crippen LogP) is 5.21. The van der Waals surface area contributed by atoms with E-state index in [-0.39, 0.29) is 5.78 Å². The summed E-state index contributed by atoms with van der Waals surface area (Å²) in [7, 11) is 0. The molecule has 0 aliphatic carbocycles. The van der Waals surface area contributed by atoms with Crippen LogP contribution in [0.3, 0.4) is 0 Å². The van der Waals surface area contributed by atoms with Crippen molar-refractivity contribution in [3.63, 3.8) is 0 Å². The van der Waals surface area contributed by atoms with Gasteiger partial charge in [0.05, 0.1) is 14.1 Å². The van der Waals surface area contributed by atoms with E-state index in [1.807, 2.05) is 6.07 Å².